The van der Waals surface area contributed by atoms with Gasteiger partial charge in [0.25, 0.3) is 0 Å². The van der Waals surface area contributed by atoms with Gasteiger partial charge in [-0.3, -0.25) is 4.79 Å². The molecule has 0 aromatic rings. The van der Waals surface area contributed by atoms with E-state index >= 15 is 0 Å². The smallest absolute Gasteiger partial charge is 0.319 e. The average Bonchev–Trinajstić information content (AvgIpc) is 2.44. The summed E-state index contributed by atoms with van der Waals surface area (Å²) in [5.41, 5.74) is 0. The maximum atomic E-state index is 13.1. The van der Waals surface area contributed by atoms with E-state index in [9.17, 15) is 9.18 Å². The van der Waals surface area contributed by atoms with Gasteiger partial charge in [-0.25, -0.2) is 4.39 Å². The van der Waals surface area contributed by atoms with Crippen molar-refractivity contribution >= 4 is 17.7 Å². The van der Waals surface area contributed by atoms with Gasteiger partial charge in [-0.05, 0) is 51.7 Å². The first-order valence-electron chi connectivity index (χ1n) is 8.47. The van der Waals surface area contributed by atoms with E-state index in [1.54, 1.807) is 11.8 Å². The molecule has 0 fully saturated rings. The molecule has 4 heteroatoms. The summed E-state index contributed by atoms with van der Waals surface area (Å²) in [5, 5.41) is -0.0497. The number of carbonyl (C=O) groups is 1. The second kappa shape index (κ2) is 13.4. The number of unbranched alkanes of at least 4 members (excludes halogenated alkanes) is 3. The molecule has 0 bridgehead atoms. The molecule has 0 amide bonds. The van der Waals surface area contributed by atoms with Gasteiger partial charge in [0.2, 0.25) is 0 Å². The van der Waals surface area contributed by atoms with Crippen LogP contribution in [0.5, 0.6) is 0 Å². The fourth-order valence-electron chi connectivity index (χ4n) is 2.05. The molecule has 126 valence electrons. The molecule has 2 unspecified atom stereocenters. The van der Waals surface area contributed by atoms with Gasteiger partial charge in [-0.1, -0.05) is 33.1 Å². The standard InChI is InChI=1S/C17H33FO2S/c1-5-7-8-12-16(17(19)20-14(3)4)21-13-10-9-11-15(18)6-2/h14-16H,5-13H2,1-4H3. The second-order valence-electron chi connectivity index (χ2n) is 5.84. The van der Waals surface area contributed by atoms with Crippen molar-refractivity contribution in [2.45, 2.75) is 96.6 Å². The third kappa shape index (κ3) is 12.0. The summed E-state index contributed by atoms with van der Waals surface area (Å²) in [6.07, 6.45) is 6.70. The molecule has 0 aromatic heterocycles. The normalized spacial score (nSPS) is 14.2. The van der Waals surface area contributed by atoms with Crippen LogP contribution in [0.15, 0.2) is 0 Å². The van der Waals surface area contributed by atoms with Crippen molar-refractivity contribution in [3.8, 4) is 0 Å². The van der Waals surface area contributed by atoms with E-state index in [4.69, 9.17) is 4.74 Å². The van der Waals surface area contributed by atoms with Crippen LogP contribution in [0.25, 0.3) is 0 Å². The van der Waals surface area contributed by atoms with Gasteiger partial charge in [0, 0.05) is 0 Å². The summed E-state index contributed by atoms with van der Waals surface area (Å²) in [6, 6.07) is 0. The lowest BCUT2D eigenvalue weighted by molar-refractivity contribution is -0.146. The Morgan fingerprint density at radius 2 is 1.76 bits per heavy atom. The van der Waals surface area contributed by atoms with E-state index in [0.717, 1.165) is 44.3 Å². The van der Waals surface area contributed by atoms with Crippen molar-refractivity contribution in [3.05, 3.63) is 0 Å². The quantitative estimate of drug-likeness (QED) is 0.329. The van der Waals surface area contributed by atoms with Crippen LogP contribution >= 0.6 is 11.8 Å². The Morgan fingerprint density at radius 1 is 1.10 bits per heavy atom. The van der Waals surface area contributed by atoms with Gasteiger partial charge in [-0.15, -0.1) is 11.8 Å². The molecule has 0 saturated carbocycles. The highest BCUT2D eigenvalue weighted by Crippen LogP contribution is 2.22. The Bertz CT molecular complexity index is 259. The molecule has 0 aromatic carbocycles. The van der Waals surface area contributed by atoms with Gasteiger partial charge in [0.15, 0.2) is 0 Å². The van der Waals surface area contributed by atoms with Crippen LogP contribution in [0, 0.1) is 0 Å². The minimum atomic E-state index is -0.666. The van der Waals surface area contributed by atoms with Crippen LogP contribution in [0.2, 0.25) is 0 Å². The molecule has 0 aliphatic heterocycles. The average molecular weight is 321 g/mol. The topological polar surface area (TPSA) is 26.3 Å². The van der Waals surface area contributed by atoms with Crippen LogP contribution in [0.3, 0.4) is 0 Å². The van der Waals surface area contributed by atoms with Crippen molar-refractivity contribution in [1.82, 2.24) is 0 Å². The van der Waals surface area contributed by atoms with Crippen molar-refractivity contribution in [3.63, 3.8) is 0 Å². The number of halogens is 1. The highest BCUT2D eigenvalue weighted by atomic mass is 32.2. The lowest BCUT2D eigenvalue weighted by Crippen LogP contribution is -2.24. The second-order valence-corrected chi connectivity index (χ2v) is 7.15. The fourth-order valence-corrected chi connectivity index (χ4v) is 3.24. The number of hydrogen-bond donors (Lipinski definition) is 0. The number of rotatable bonds is 13. The van der Waals surface area contributed by atoms with E-state index in [1.165, 1.54) is 0 Å². The Hall–Kier alpha value is -0.250. The van der Waals surface area contributed by atoms with Crippen LogP contribution < -0.4 is 0 Å². The van der Waals surface area contributed by atoms with Gasteiger partial charge >= 0.3 is 5.97 Å². The van der Waals surface area contributed by atoms with Crippen LogP contribution in [-0.2, 0) is 9.53 Å². The minimum Gasteiger partial charge on any atom is -0.462 e. The Kier molecular flexibility index (Phi) is 13.3. The van der Waals surface area contributed by atoms with Gasteiger partial charge in [0.05, 0.1) is 12.3 Å². The van der Waals surface area contributed by atoms with E-state index in [-0.39, 0.29) is 17.3 Å². The van der Waals surface area contributed by atoms with Crippen molar-refractivity contribution in [2.75, 3.05) is 5.75 Å². The first-order chi connectivity index (χ1) is 10.0. The molecule has 2 atom stereocenters. The zero-order chi connectivity index (χ0) is 16.1. The van der Waals surface area contributed by atoms with Crippen molar-refractivity contribution in [1.29, 1.82) is 0 Å². The summed E-state index contributed by atoms with van der Waals surface area (Å²) in [6.45, 7) is 7.82. The number of hydrogen-bond acceptors (Lipinski definition) is 3. The Labute approximate surface area is 134 Å². The minimum absolute atomic E-state index is 0.0497. The summed E-state index contributed by atoms with van der Waals surface area (Å²) in [5.74, 6) is 0.837. The molecule has 0 spiro atoms. The maximum absolute atomic E-state index is 13.1. The third-order valence-electron chi connectivity index (χ3n) is 3.36. The Balaban J connectivity index is 4.00. The lowest BCUT2D eigenvalue weighted by atomic mass is 10.1. The summed E-state index contributed by atoms with van der Waals surface area (Å²) in [4.78, 5) is 12.1. The number of thioether (sulfide) groups is 1. The molecule has 0 saturated heterocycles. The van der Waals surface area contributed by atoms with Crippen LogP contribution in [0.4, 0.5) is 4.39 Å². The largest absolute Gasteiger partial charge is 0.462 e. The number of esters is 1. The maximum Gasteiger partial charge on any atom is 0.319 e. The summed E-state index contributed by atoms with van der Waals surface area (Å²) >= 11 is 1.68. The molecule has 0 aliphatic carbocycles. The molecule has 0 aliphatic rings. The first kappa shape index (κ1) is 20.8. The zero-order valence-corrected chi connectivity index (χ0v) is 15.0. The van der Waals surface area contributed by atoms with E-state index in [2.05, 4.69) is 6.92 Å². The molecule has 0 rings (SSSR count). The van der Waals surface area contributed by atoms with Crippen molar-refractivity contribution in [2.24, 2.45) is 0 Å². The third-order valence-corrected chi connectivity index (χ3v) is 4.71. The van der Waals surface area contributed by atoms with Gasteiger partial charge in [-0.2, -0.15) is 0 Å². The predicted molar refractivity (Wildman–Crippen MR) is 90.7 cm³/mol. The van der Waals surface area contributed by atoms with E-state index in [1.807, 2.05) is 20.8 Å². The molecule has 0 N–H and O–H groups in total. The summed E-state index contributed by atoms with van der Waals surface area (Å²) in [7, 11) is 0. The summed E-state index contributed by atoms with van der Waals surface area (Å²) < 4.78 is 18.5. The number of ether oxygens (including phenoxy) is 1. The molecular formula is C17H33FO2S. The lowest BCUT2D eigenvalue weighted by Gasteiger charge is -2.17. The number of carbonyl (C=O) groups excluding carboxylic acids is 1. The first-order valence-corrected chi connectivity index (χ1v) is 9.52. The highest BCUT2D eigenvalue weighted by Gasteiger charge is 2.20. The zero-order valence-electron chi connectivity index (χ0n) is 14.2. The molecule has 0 radical (unpaired) electrons. The SMILES string of the molecule is CCCCCC(SCCCCC(F)CC)C(=O)OC(C)C. The molecule has 21 heavy (non-hydrogen) atoms. The monoisotopic (exact) mass is 320 g/mol. The Morgan fingerprint density at radius 3 is 2.33 bits per heavy atom. The van der Waals surface area contributed by atoms with E-state index in [0.29, 0.717) is 12.8 Å². The number of alkyl halides is 1. The predicted octanol–water partition coefficient (Wildman–Crippen LogP) is 5.54. The fraction of sp³-hybridized carbons (Fsp3) is 0.941. The van der Waals surface area contributed by atoms with Crippen LogP contribution in [0.1, 0.15) is 79.1 Å². The molecule has 2 nitrogen and oxygen atoms in total. The van der Waals surface area contributed by atoms with Crippen molar-refractivity contribution < 1.29 is 13.9 Å². The molecular weight excluding hydrogens is 287 g/mol. The van der Waals surface area contributed by atoms with Crippen LogP contribution in [-0.4, -0.2) is 29.2 Å². The molecule has 0 heterocycles. The van der Waals surface area contributed by atoms with Gasteiger partial charge < -0.3 is 4.74 Å². The highest BCUT2D eigenvalue weighted by molar-refractivity contribution is 8.00. The van der Waals surface area contributed by atoms with Gasteiger partial charge in [0.1, 0.15) is 5.25 Å². The van der Waals surface area contributed by atoms with E-state index < -0.39 is 6.17 Å².